The lowest BCUT2D eigenvalue weighted by Crippen LogP contribution is -2.06. The van der Waals surface area contributed by atoms with Gasteiger partial charge in [0.1, 0.15) is 0 Å². The van der Waals surface area contributed by atoms with E-state index in [1.807, 2.05) is 18.3 Å². The van der Waals surface area contributed by atoms with E-state index >= 15 is 0 Å². The Labute approximate surface area is 43.8 Å². The fourth-order valence-electron chi connectivity index (χ4n) is 0.640. The molecule has 2 heteroatoms. The zero-order valence-corrected chi connectivity index (χ0v) is 4.68. The van der Waals surface area contributed by atoms with Gasteiger partial charge in [-0.05, 0) is 14.0 Å². The summed E-state index contributed by atoms with van der Waals surface area (Å²) in [7, 11) is 1.97. The molecule has 0 unspecified atom stereocenters. The lowest BCUT2D eigenvalue weighted by Gasteiger charge is -2.22. The molecular weight excluding hydrogens is 88.1 g/mol. The maximum Gasteiger partial charge on any atom is 0.00331 e. The summed E-state index contributed by atoms with van der Waals surface area (Å²) in [4.78, 5) is 0. The van der Waals surface area contributed by atoms with Crippen LogP contribution in [0.15, 0.2) is 11.8 Å². The van der Waals surface area contributed by atoms with Crippen molar-refractivity contribution in [2.24, 2.45) is 0 Å². The maximum atomic E-state index is 3.99. The van der Waals surface area contributed by atoms with E-state index in [0.29, 0.717) is 0 Å². The highest BCUT2D eigenvalue weighted by Crippen LogP contribution is 2.11. The van der Waals surface area contributed by atoms with Crippen LogP contribution in [0.5, 0.6) is 0 Å². The molecule has 0 saturated heterocycles. The van der Waals surface area contributed by atoms with Crippen LogP contribution >= 0.6 is 0 Å². The normalized spacial score (nSPS) is 21.7. The van der Waals surface area contributed by atoms with E-state index in [-0.39, 0.29) is 0 Å². The Morgan fingerprint density at radius 3 is 2.71 bits per heavy atom. The summed E-state index contributed by atoms with van der Waals surface area (Å²) in [6.07, 6.45) is 1.89. The summed E-state index contributed by atoms with van der Waals surface area (Å²) in [5, 5.41) is 1.91. The van der Waals surface area contributed by atoms with Gasteiger partial charge in [0.05, 0.1) is 0 Å². The van der Waals surface area contributed by atoms with Crippen LogP contribution in [0.1, 0.15) is 6.92 Å². The van der Waals surface area contributed by atoms with E-state index < -0.39 is 0 Å². The second-order valence-electron chi connectivity index (χ2n) is 1.91. The van der Waals surface area contributed by atoms with Gasteiger partial charge < -0.3 is 10.4 Å². The number of likely N-dealkylation sites (N-methyl/N-ethyl adjacent to an activating group) is 1. The molecule has 1 rings (SSSR count). The summed E-state index contributed by atoms with van der Waals surface area (Å²) in [5.74, 6) is 0. The standard InChI is InChI=1S/C5H9N2/c1-5-3-6-7(2)4-5/h3H,4H2,1-2H3/q-1. The average Bonchev–Trinajstić information content (AvgIpc) is 1.87. The molecule has 0 aromatic heterocycles. The Bertz CT molecular complexity index is 96.3. The van der Waals surface area contributed by atoms with Crippen molar-refractivity contribution in [3.05, 3.63) is 17.2 Å². The first-order valence-electron chi connectivity index (χ1n) is 2.36. The largest absolute Gasteiger partial charge is 0.626 e. The van der Waals surface area contributed by atoms with Crippen LogP contribution in [-0.2, 0) is 0 Å². The third kappa shape index (κ3) is 0.933. The highest BCUT2D eigenvalue weighted by atomic mass is 15.5. The molecule has 40 valence electrons. The third-order valence-electron chi connectivity index (χ3n) is 0.953. The van der Waals surface area contributed by atoms with Gasteiger partial charge in [0.2, 0.25) is 0 Å². The van der Waals surface area contributed by atoms with Gasteiger partial charge in [0, 0.05) is 6.54 Å². The monoisotopic (exact) mass is 97.1 g/mol. The molecule has 0 atom stereocenters. The summed E-state index contributed by atoms with van der Waals surface area (Å²) >= 11 is 0. The van der Waals surface area contributed by atoms with E-state index in [1.54, 1.807) is 0 Å². The minimum atomic E-state index is 1.00. The van der Waals surface area contributed by atoms with Crippen LogP contribution in [0.3, 0.4) is 0 Å². The zero-order chi connectivity index (χ0) is 5.28. The van der Waals surface area contributed by atoms with Crippen molar-refractivity contribution >= 4 is 0 Å². The topological polar surface area (TPSA) is 17.3 Å². The van der Waals surface area contributed by atoms with Gasteiger partial charge in [0.15, 0.2) is 0 Å². The molecule has 0 N–H and O–H groups in total. The second kappa shape index (κ2) is 1.54. The van der Waals surface area contributed by atoms with Crippen molar-refractivity contribution in [1.29, 1.82) is 0 Å². The number of hydrogen-bond acceptors (Lipinski definition) is 1. The predicted molar refractivity (Wildman–Crippen MR) is 29.7 cm³/mol. The molecule has 0 amide bonds. The third-order valence-corrected chi connectivity index (χ3v) is 0.953. The molecule has 0 fully saturated rings. The SMILES string of the molecule is CC1=C[N-]N(C)C1. The Balaban J connectivity index is 2.42. The first kappa shape index (κ1) is 4.65. The lowest BCUT2D eigenvalue weighted by atomic mass is 10.3. The van der Waals surface area contributed by atoms with Gasteiger partial charge >= 0.3 is 0 Å². The molecule has 0 aromatic rings. The van der Waals surface area contributed by atoms with Crippen molar-refractivity contribution in [1.82, 2.24) is 5.01 Å². The van der Waals surface area contributed by atoms with Gasteiger partial charge in [-0.3, -0.25) is 0 Å². The number of rotatable bonds is 0. The first-order valence-corrected chi connectivity index (χ1v) is 2.36. The van der Waals surface area contributed by atoms with Crippen molar-refractivity contribution in [2.75, 3.05) is 13.6 Å². The van der Waals surface area contributed by atoms with Gasteiger partial charge in [0.25, 0.3) is 0 Å². The van der Waals surface area contributed by atoms with Crippen molar-refractivity contribution < 1.29 is 0 Å². The molecule has 0 aliphatic carbocycles. The fraction of sp³-hybridized carbons (Fsp3) is 0.600. The van der Waals surface area contributed by atoms with Crippen molar-refractivity contribution in [2.45, 2.75) is 6.92 Å². The van der Waals surface area contributed by atoms with E-state index in [1.165, 1.54) is 5.57 Å². The minimum absolute atomic E-state index is 1.00. The van der Waals surface area contributed by atoms with Gasteiger partial charge in [-0.15, -0.1) is 0 Å². The number of hydrogen-bond donors (Lipinski definition) is 0. The summed E-state index contributed by atoms with van der Waals surface area (Å²) in [5.41, 5.74) is 5.32. The molecule has 0 saturated carbocycles. The van der Waals surface area contributed by atoms with Crippen molar-refractivity contribution in [3.63, 3.8) is 0 Å². The summed E-state index contributed by atoms with van der Waals surface area (Å²) in [6.45, 7) is 3.08. The Morgan fingerprint density at radius 2 is 2.57 bits per heavy atom. The van der Waals surface area contributed by atoms with E-state index in [9.17, 15) is 0 Å². The highest BCUT2D eigenvalue weighted by Gasteiger charge is 1.90. The van der Waals surface area contributed by atoms with Crippen LogP contribution in [-0.4, -0.2) is 18.6 Å². The summed E-state index contributed by atoms with van der Waals surface area (Å²) < 4.78 is 0. The quantitative estimate of drug-likeness (QED) is 0.443. The fourth-order valence-corrected chi connectivity index (χ4v) is 0.640. The predicted octanol–water partition coefficient (Wildman–Crippen LogP) is 1.12. The number of nitrogens with zero attached hydrogens (tertiary/aromatic N) is 2. The average molecular weight is 97.1 g/mol. The molecule has 2 nitrogen and oxygen atoms in total. The first-order chi connectivity index (χ1) is 3.29. The molecule has 1 aliphatic heterocycles. The van der Waals surface area contributed by atoms with Gasteiger partial charge in [-0.1, -0.05) is 5.57 Å². The lowest BCUT2D eigenvalue weighted by molar-refractivity contribution is 0.495. The van der Waals surface area contributed by atoms with Crippen LogP contribution in [0.2, 0.25) is 0 Å². The Morgan fingerprint density at radius 1 is 1.86 bits per heavy atom. The zero-order valence-electron chi connectivity index (χ0n) is 4.68. The molecule has 1 aliphatic rings. The second-order valence-corrected chi connectivity index (χ2v) is 1.91. The van der Waals surface area contributed by atoms with Crippen LogP contribution < -0.4 is 0 Å². The molecule has 0 spiro atoms. The summed E-state index contributed by atoms with van der Waals surface area (Å²) in [6, 6.07) is 0. The molecule has 1 heterocycles. The van der Waals surface area contributed by atoms with Crippen molar-refractivity contribution in [3.8, 4) is 0 Å². The molecule has 0 radical (unpaired) electrons. The van der Waals surface area contributed by atoms with Crippen LogP contribution in [0, 0.1) is 0 Å². The van der Waals surface area contributed by atoms with Gasteiger partial charge in [-0.25, -0.2) is 0 Å². The van der Waals surface area contributed by atoms with Crippen LogP contribution in [0.4, 0.5) is 0 Å². The molecule has 7 heavy (non-hydrogen) atoms. The molecule has 0 aromatic carbocycles. The van der Waals surface area contributed by atoms with Crippen LogP contribution in [0.25, 0.3) is 5.43 Å². The Kier molecular flexibility index (Phi) is 1.02. The molecule has 0 bridgehead atoms. The maximum absolute atomic E-state index is 3.99. The van der Waals surface area contributed by atoms with E-state index in [2.05, 4.69) is 12.3 Å². The smallest absolute Gasteiger partial charge is 0.00331 e. The Hall–Kier alpha value is -0.500. The van der Waals surface area contributed by atoms with E-state index in [0.717, 1.165) is 6.54 Å². The minimum Gasteiger partial charge on any atom is -0.626 e. The highest BCUT2D eigenvalue weighted by molar-refractivity contribution is 5.15. The van der Waals surface area contributed by atoms with Gasteiger partial charge in [-0.2, -0.15) is 6.20 Å². The molecular formula is C5H9N2-. The van der Waals surface area contributed by atoms with E-state index in [4.69, 9.17) is 0 Å².